The normalized spacial score (nSPS) is 16.2. The molecule has 1 saturated carbocycles. The zero-order valence-corrected chi connectivity index (χ0v) is 22.7. The number of carbonyl (C=O) groups excluding carboxylic acids is 4. The Morgan fingerprint density at radius 1 is 0.725 bits per heavy atom. The minimum Gasteiger partial charge on any atom is -0.494 e. The van der Waals surface area contributed by atoms with Crippen molar-refractivity contribution in [3.63, 3.8) is 0 Å². The third kappa shape index (κ3) is 9.57. The summed E-state index contributed by atoms with van der Waals surface area (Å²) in [6.07, 6.45) is 5.43. The summed E-state index contributed by atoms with van der Waals surface area (Å²) < 4.78 is 26.5. The van der Waals surface area contributed by atoms with E-state index in [9.17, 15) is 19.2 Å². The molecule has 0 heterocycles. The van der Waals surface area contributed by atoms with Gasteiger partial charge in [0.2, 0.25) is 0 Å². The van der Waals surface area contributed by atoms with Gasteiger partial charge in [-0.15, -0.1) is 0 Å². The molecule has 0 amide bonds. The Balaban J connectivity index is 1.39. The third-order valence-corrected chi connectivity index (χ3v) is 6.45. The molecule has 0 N–H and O–H groups in total. The van der Waals surface area contributed by atoms with Crippen molar-refractivity contribution in [2.45, 2.75) is 38.5 Å². The molecule has 9 nitrogen and oxygen atoms in total. The zero-order valence-electron chi connectivity index (χ0n) is 22.0. The molecular weight excluding hydrogens is 540 g/mol. The van der Waals surface area contributed by atoms with Gasteiger partial charge in [-0.1, -0.05) is 24.8 Å². The van der Waals surface area contributed by atoms with Crippen molar-refractivity contribution in [2.24, 2.45) is 11.8 Å². The molecule has 0 spiro atoms. The predicted molar refractivity (Wildman–Crippen MR) is 146 cm³/mol. The highest BCUT2D eigenvalue weighted by Gasteiger charge is 2.32. The molecule has 0 unspecified atom stereocenters. The average molecular weight is 571 g/mol. The number of halogens is 1. The lowest BCUT2D eigenvalue weighted by Crippen LogP contribution is -2.30. The first-order valence-corrected chi connectivity index (χ1v) is 13.3. The Morgan fingerprint density at radius 2 is 1.25 bits per heavy atom. The largest absolute Gasteiger partial charge is 0.494 e. The van der Waals surface area contributed by atoms with Gasteiger partial charge < -0.3 is 23.7 Å². The standard InChI is InChI=1S/C30H31ClO9/c1-3-27(32)37-18-6-5-17-36-24-15-16-26(25(31)19-24)40-30(35)21-9-7-20(8-10-21)29(34)39-23-13-11-22(12-14-23)38-28(33)4-2/h3-4,11-16,19-21H,1-2,5-10,17-18H2. The first-order chi connectivity index (χ1) is 19.3. The van der Waals surface area contributed by atoms with Crippen molar-refractivity contribution in [2.75, 3.05) is 13.2 Å². The maximum absolute atomic E-state index is 12.7. The minimum absolute atomic E-state index is 0.235. The van der Waals surface area contributed by atoms with Crippen LogP contribution in [0.15, 0.2) is 67.8 Å². The SMILES string of the molecule is C=CC(=O)OCCCCOc1ccc(OC(=O)C2CCC(C(=O)Oc3ccc(OC(=O)C=C)cc3)CC2)c(Cl)c1. The molecule has 0 aliphatic heterocycles. The summed E-state index contributed by atoms with van der Waals surface area (Å²) in [7, 11) is 0. The van der Waals surface area contributed by atoms with E-state index in [-0.39, 0.29) is 35.2 Å². The number of ether oxygens (including phenoxy) is 5. The van der Waals surface area contributed by atoms with Gasteiger partial charge in [0.1, 0.15) is 23.0 Å². The van der Waals surface area contributed by atoms with Crippen molar-refractivity contribution >= 4 is 35.5 Å². The number of unbranched alkanes of at least 4 members (excludes halogenated alkanes) is 1. The van der Waals surface area contributed by atoms with Gasteiger partial charge in [0.05, 0.1) is 30.1 Å². The molecule has 40 heavy (non-hydrogen) atoms. The van der Waals surface area contributed by atoms with Crippen LogP contribution in [-0.2, 0) is 23.9 Å². The van der Waals surface area contributed by atoms with Crippen LogP contribution in [0.3, 0.4) is 0 Å². The molecule has 0 aromatic heterocycles. The number of hydrogen-bond donors (Lipinski definition) is 0. The Morgan fingerprint density at radius 3 is 1.82 bits per heavy atom. The van der Waals surface area contributed by atoms with Gasteiger partial charge in [0, 0.05) is 18.2 Å². The van der Waals surface area contributed by atoms with Gasteiger partial charge in [-0.3, -0.25) is 9.59 Å². The van der Waals surface area contributed by atoms with E-state index in [4.69, 9.17) is 35.3 Å². The Bertz CT molecular complexity index is 1210. The number of benzene rings is 2. The smallest absolute Gasteiger partial charge is 0.335 e. The number of carbonyl (C=O) groups is 4. The van der Waals surface area contributed by atoms with E-state index in [2.05, 4.69) is 13.2 Å². The first kappa shape index (κ1) is 30.4. The van der Waals surface area contributed by atoms with Crippen molar-refractivity contribution in [1.82, 2.24) is 0 Å². The monoisotopic (exact) mass is 570 g/mol. The van der Waals surface area contributed by atoms with Crippen LogP contribution in [-0.4, -0.2) is 37.1 Å². The molecule has 212 valence electrons. The van der Waals surface area contributed by atoms with Crippen LogP contribution >= 0.6 is 11.6 Å². The van der Waals surface area contributed by atoms with Gasteiger partial charge in [-0.25, -0.2) is 9.59 Å². The Kier molecular flexibility index (Phi) is 11.8. The van der Waals surface area contributed by atoms with Crippen LogP contribution in [0, 0.1) is 11.8 Å². The zero-order chi connectivity index (χ0) is 28.9. The van der Waals surface area contributed by atoms with E-state index >= 15 is 0 Å². The topological polar surface area (TPSA) is 114 Å². The van der Waals surface area contributed by atoms with E-state index in [0.29, 0.717) is 62.4 Å². The fourth-order valence-electron chi connectivity index (χ4n) is 3.97. The lowest BCUT2D eigenvalue weighted by Gasteiger charge is -2.26. The summed E-state index contributed by atoms with van der Waals surface area (Å²) in [5.41, 5.74) is 0. The van der Waals surface area contributed by atoms with Crippen molar-refractivity contribution in [3.8, 4) is 23.0 Å². The minimum atomic E-state index is -0.581. The van der Waals surface area contributed by atoms with Crippen LogP contribution in [0.2, 0.25) is 5.02 Å². The molecule has 0 saturated heterocycles. The van der Waals surface area contributed by atoms with Crippen LogP contribution in [0.5, 0.6) is 23.0 Å². The maximum Gasteiger partial charge on any atom is 0.335 e. The van der Waals surface area contributed by atoms with Gasteiger partial charge in [-0.05, 0) is 74.9 Å². The van der Waals surface area contributed by atoms with Gasteiger partial charge in [0.25, 0.3) is 0 Å². The van der Waals surface area contributed by atoms with Crippen LogP contribution < -0.4 is 18.9 Å². The summed E-state index contributed by atoms with van der Waals surface area (Å²) in [6.45, 7) is 7.37. The lowest BCUT2D eigenvalue weighted by atomic mass is 9.82. The average Bonchev–Trinajstić information content (AvgIpc) is 2.96. The molecule has 10 heteroatoms. The van der Waals surface area contributed by atoms with E-state index in [0.717, 1.165) is 12.2 Å². The third-order valence-electron chi connectivity index (χ3n) is 6.15. The van der Waals surface area contributed by atoms with Gasteiger partial charge >= 0.3 is 23.9 Å². The molecular formula is C30H31ClO9. The summed E-state index contributed by atoms with van der Waals surface area (Å²) in [5, 5.41) is 0.244. The summed E-state index contributed by atoms with van der Waals surface area (Å²) >= 11 is 6.30. The number of esters is 4. The quantitative estimate of drug-likeness (QED) is 0.131. The number of hydrogen-bond acceptors (Lipinski definition) is 9. The highest BCUT2D eigenvalue weighted by atomic mass is 35.5. The second-order valence-corrected chi connectivity index (χ2v) is 9.41. The molecule has 1 aliphatic carbocycles. The van der Waals surface area contributed by atoms with Crippen LogP contribution in [0.4, 0.5) is 0 Å². The van der Waals surface area contributed by atoms with E-state index in [1.165, 1.54) is 24.3 Å². The van der Waals surface area contributed by atoms with Crippen molar-refractivity contribution < 1.29 is 42.9 Å². The fraction of sp³-hybridized carbons (Fsp3) is 0.333. The first-order valence-electron chi connectivity index (χ1n) is 12.9. The summed E-state index contributed by atoms with van der Waals surface area (Å²) in [6, 6.07) is 10.9. The second-order valence-electron chi connectivity index (χ2n) is 9.01. The molecule has 0 radical (unpaired) electrons. The predicted octanol–water partition coefficient (Wildman–Crippen LogP) is 5.64. The van der Waals surface area contributed by atoms with Crippen LogP contribution in [0.1, 0.15) is 38.5 Å². The Hall–Kier alpha value is -4.11. The fourth-order valence-corrected chi connectivity index (χ4v) is 4.18. The van der Waals surface area contributed by atoms with E-state index in [1.54, 1.807) is 18.2 Å². The van der Waals surface area contributed by atoms with Gasteiger partial charge in [0.15, 0.2) is 0 Å². The van der Waals surface area contributed by atoms with E-state index in [1.807, 2.05) is 0 Å². The van der Waals surface area contributed by atoms with Crippen molar-refractivity contribution in [1.29, 1.82) is 0 Å². The van der Waals surface area contributed by atoms with E-state index < -0.39 is 17.9 Å². The maximum atomic E-state index is 12.7. The molecule has 0 bridgehead atoms. The molecule has 2 aromatic carbocycles. The van der Waals surface area contributed by atoms with Crippen molar-refractivity contribution in [3.05, 3.63) is 72.8 Å². The number of rotatable bonds is 13. The lowest BCUT2D eigenvalue weighted by molar-refractivity contribution is -0.145. The molecule has 1 aliphatic rings. The summed E-state index contributed by atoms with van der Waals surface area (Å²) in [4.78, 5) is 47.6. The molecule has 2 aromatic rings. The second kappa shape index (κ2) is 15.5. The Labute approximate surface area is 237 Å². The van der Waals surface area contributed by atoms with Gasteiger partial charge in [-0.2, -0.15) is 0 Å². The van der Waals surface area contributed by atoms with Crippen LogP contribution in [0.25, 0.3) is 0 Å². The molecule has 1 fully saturated rings. The molecule has 0 atom stereocenters. The highest BCUT2D eigenvalue weighted by molar-refractivity contribution is 6.32. The highest BCUT2D eigenvalue weighted by Crippen LogP contribution is 2.34. The summed E-state index contributed by atoms with van der Waals surface area (Å²) in [5.74, 6) is -1.10. The molecule has 3 rings (SSSR count).